The molecule has 190 valence electrons. The van der Waals surface area contributed by atoms with Crippen molar-refractivity contribution in [1.29, 1.82) is 0 Å². The minimum Gasteiger partial charge on any atom is -0.496 e. The van der Waals surface area contributed by atoms with Gasteiger partial charge in [-0.3, -0.25) is 14.5 Å². The Balaban J connectivity index is 1.89. The fourth-order valence-corrected chi connectivity index (χ4v) is 4.82. The molecule has 0 saturated heterocycles. The summed E-state index contributed by atoms with van der Waals surface area (Å²) in [6.45, 7) is 9.96. The van der Waals surface area contributed by atoms with Crippen LogP contribution >= 0.6 is 0 Å². The van der Waals surface area contributed by atoms with Crippen molar-refractivity contribution < 1.29 is 14.3 Å². The van der Waals surface area contributed by atoms with Crippen LogP contribution in [-0.4, -0.2) is 43.5 Å². The zero-order valence-electron chi connectivity index (χ0n) is 21.8. The number of ether oxygens (including phenoxy) is 1. The number of para-hydroxylation sites is 1. The highest BCUT2D eigenvalue weighted by Crippen LogP contribution is 2.26. The highest BCUT2D eigenvalue weighted by Gasteiger charge is 2.20. The van der Waals surface area contributed by atoms with E-state index in [9.17, 15) is 9.59 Å². The van der Waals surface area contributed by atoms with Crippen LogP contribution in [0.15, 0.2) is 42.5 Å². The Morgan fingerprint density at radius 1 is 1.00 bits per heavy atom. The SMILES string of the molecule is COc1ccccc1CNC(=O)c1ccc2c(c1)CN(CC(C)C)CCCCCCCN2C(C)=O. The average molecular weight is 480 g/mol. The Hall–Kier alpha value is -2.86. The van der Waals surface area contributed by atoms with Gasteiger partial charge in [0.15, 0.2) is 0 Å². The molecule has 0 saturated carbocycles. The number of rotatable bonds is 6. The number of methoxy groups -OCH3 is 1. The van der Waals surface area contributed by atoms with Crippen molar-refractivity contribution in [3.63, 3.8) is 0 Å². The smallest absolute Gasteiger partial charge is 0.251 e. The third-order valence-electron chi connectivity index (χ3n) is 6.52. The maximum absolute atomic E-state index is 13.1. The van der Waals surface area contributed by atoms with E-state index in [0.717, 1.165) is 55.0 Å². The standard InChI is InChI=1S/C29H41N3O3/c1-22(2)20-31-16-10-6-5-7-11-17-32(23(3)33)27-15-14-24(18-26(27)21-31)29(34)30-19-25-12-8-9-13-28(25)35-4/h8-9,12-15,18,22H,5-7,10-11,16-17,19-21H2,1-4H3,(H,30,34). The first kappa shape index (κ1) is 26.7. The fraction of sp³-hybridized carbons (Fsp3) is 0.517. The summed E-state index contributed by atoms with van der Waals surface area (Å²) in [6, 6.07) is 13.5. The third-order valence-corrected chi connectivity index (χ3v) is 6.52. The van der Waals surface area contributed by atoms with Crippen molar-refractivity contribution in [2.45, 2.75) is 66.0 Å². The van der Waals surface area contributed by atoms with E-state index in [2.05, 4.69) is 24.1 Å². The molecular formula is C29H41N3O3. The molecule has 0 fully saturated rings. The number of nitrogens with zero attached hydrogens (tertiary/aromatic N) is 2. The zero-order valence-corrected chi connectivity index (χ0v) is 21.8. The Morgan fingerprint density at radius 2 is 1.71 bits per heavy atom. The molecule has 1 N–H and O–H groups in total. The molecule has 2 aromatic rings. The van der Waals surface area contributed by atoms with Crippen LogP contribution in [0.2, 0.25) is 0 Å². The summed E-state index contributed by atoms with van der Waals surface area (Å²) in [6.07, 6.45) is 5.73. The van der Waals surface area contributed by atoms with Crippen molar-refractivity contribution in [2.24, 2.45) is 5.92 Å². The lowest BCUT2D eigenvalue weighted by molar-refractivity contribution is -0.116. The van der Waals surface area contributed by atoms with E-state index < -0.39 is 0 Å². The second-order valence-corrected chi connectivity index (χ2v) is 9.91. The number of anilines is 1. The predicted molar refractivity (Wildman–Crippen MR) is 142 cm³/mol. The maximum Gasteiger partial charge on any atom is 0.251 e. The van der Waals surface area contributed by atoms with Gasteiger partial charge in [0.2, 0.25) is 5.91 Å². The summed E-state index contributed by atoms with van der Waals surface area (Å²) in [5.74, 6) is 1.22. The van der Waals surface area contributed by atoms with E-state index >= 15 is 0 Å². The van der Waals surface area contributed by atoms with Gasteiger partial charge in [0.05, 0.1) is 7.11 Å². The van der Waals surface area contributed by atoms with Crippen LogP contribution in [0.4, 0.5) is 5.69 Å². The summed E-state index contributed by atoms with van der Waals surface area (Å²) >= 11 is 0. The molecule has 0 aromatic heterocycles. The van der Waals surface area contributed by atoms with E-state index in [4.69, 9.17) is 4.74 Å². The summed E-state index contributed by atoms with van der Waals surface area (Å²) in [4.78, 5) is 30.1. The Kier molecular flexibility index (Phi) is 10.2. The van der Waals surface area contributed by atoms with E-state index in [1.54, 1.807) is 14.0 Å². The average Bonchev–Trinajstić information content (AvgIpc) is 2.83. The van der Waals surface area contributed by atoms with Gasteiger partial charge >= 0.3 is 0 Å². The highest BCUT2D eigenvalue weighted by atomic mass is 16.5. The molecular weight excluding hydrogens is 438 g/mol. The third kappa shape index (κ3) is 7.82. The number of hydrogen-bond donors (Lipinski definition) is 1. The molecule has 3 rings (SSSR count). The molecule has 0 unspecified atom stereocenters. The van der Waals surface area contributed by atoms with Gasteiger partial charge in [-0.05, 0) is 55.1 Å². The van der Waals surface area contributed by atoms with E-state index in [1.807, 2.05) is 47.4 Å². The monoisotopic (exact) mass is 479 g/mol. The topological polar surface area (TPSA) is 61.9 Å². The molecule has 0 atom stereocenters. The second kappa shape index (κ2) is 13.3. The molecule has 35 heavy (non-hydrogen) atoms. The van der Waals surface area contributed by atoms with Crippen LogP contribution < -0.4 is 15.0 Å². The minimum atomic E-state index is -0.130. The highest BCUT2D eigenvalue weighted by molar-refractivity contribution is 5.97. The van der Waals surface area contributed by atoms with E-state index in [1.165, 1.54) is 19.3 Å². The number of benzene rings is 2. The van der Waals surface area contributed by atoms with E-state index in [-0.39, 0.29) is 11.8 Å². The van der Waals surface area contributed by atoms with Crippen LogP contribution in [0.5, 0.6) is 5.75 Å². The van der Waals surface area contributed by atoms with Gasteiger partial charge in [0.25, 0.3) is 5.91 Å². The molecule has 2 aromatic carbocycles. The Bertz CT molecular complexity index is 989. The van der Waals surface area contributed by atoms with Gasteiger partial charge in [0.1, 0.15) is 5.75 Å². The maximum atomic E-state index is 13.1. The first-order valence-electron chi connectivity index (χ1n) is 12.9. The van der Waals surface area contributed by atoms with Crippen LogP contribution in [0.3, 0.4) is 0 Å². The van der Waals surface area contributed by atoms with E-state index in [0.29, 0.717) is 24.6 Å². The van der Waals surface area contributed by atoms with Crippen molar-refractivity contribution in [3.8, 4) is 5.75 Å². The van der Waals surface area contributed by atoms with Gasteiger partial charge in [0, 0.05) is 49.9 Å². The molecule has 0 radical (unpaired) electrons. The molecule has 1 aliphatic rings. The number of hydrogen-bond acceptors (Lipinski definition) is 4. The predicted octanol–water partition coefficient (Wildman–Crippen LogP) is 5.40. The Morgan fingerprint density at radius 3 is 2.43 bits per heavy atom. The van der Waals surface area contributed by atoms with Crippen LogP contribution in [0, 0.1) is 5.92 Å². The summed E-state index contributed by atoms with van der Waals surface area (Å²) in [5.41, 5.74) is 3.50. The van der Waals surface area contributed by atoms with Gasteiger partial charge in [-0.25, -0.2) is 0 Å². The molecule has 2 amide bonds. The normalized spacial score (nSPS) is 15.6. The fourth-order valence-electron chi connectivity index (χ4n) is 4.82. The van der Waals surface area contributed by atoms with Crippen LogP contribution in [0.25, 0.3) is 0 Å². The number of nitrogens with one attached hydrogen (secondary N) is 1. The molecule has 0 spiro atoms. The molecule has 0 aliphatic carbocycles. The summed E-state index contributed by atoms with van der Waals surface area (Å²) < 4.78 is 5.41. The van der Waals surface area contributed by atoms with Crippen LogP contribution in [0.1, 0.15) is 74.4 Å². The Labute approximate surface area is 210 Å². The van der Waals surface area contributed by atoms with Gasteiger partial charge in [-0.1, -0.05) is 51.3 Å². The largest absolute Gasteiger partial charge is 0.496 e. The number of fused-ring (bicyclic) bond motifs is 1. The summed E-state index contributed by atoms with van der Waals surface area (Å²) in [7, 11) is 1.63. The van der Waals surface area contributed by atoms with Crippen LogP contribution in [-0.2, 0) is 17.9 Å². The lowest BCUT2D eigenvalue weighted by Gasteiger charge is -2.30. The lowest BCUT2D eigenvalue weighted by Crippen LogP contribution is -2.34. The minimum absolute atomic E-state index is 0.0482. The number of amides is 2. The zero-order chi connectivity index (χ0) is 25.2. The first-order valence-corrected chi connectivity index (χ1v) is 12.9. The van der Waals surface area contributed by atoms with Crippen molar-refractivity contribution in [3.05, 3.63) is 59.2 Å². The van der Waals surface area contributed by atoms with Gasteiger partial charge in [-0.15, -0.1) is 0 Å². The quantitative estimate of drug-likeness (QED) is 0.603. The molecule has 6 heteroatoms. The second-order valence-electron chi connectivity index (χ2n) is 9.91. The van der Waals surface area contributed by atoms with Crippen molar-refractivity contribution in [2.75, 3.05) is 31.6 Å². The van der Waals surface area contributed by atoms with Gasteiger partial charge in [-0.2, -0.15) is 0 Å². The summed E-state index contributed by atoms with van der Waals surface area (Å²) in [5, 5.41) is 3.03. The number of carbonyl (C=O) groups is 2. The van der Waals surface area contributed by atoms with Gasteiger partial charge < -0.3 is 15.0 Å². The lowest BCUT2D eigenvalue weighted by atomic mass is 10.0. The van der Waals surface area contributed by atoms with Crippen molar-refractivity contribution in [1.82, 2.24) is 10.2 Å². The molecule has 6 nitrogen and oxygen atoms in total. The van der Waals surface area contributed by atoms with Crippen molar-refractivity contribution >= 4 is 17.5 Å². The molecule has 1 heterocycles. The molecule has 0 bridgehead atoms. The number of carbonyl (C=O) groups excluding carboxylic acids is 2. The molecule has 1 aliphatic heterocycles. The first-order chi connectivity index (χ1) is 16.9.